The maximum absolute atomic E-state index is 8.66. The number of nitrogens with zero attached hydrogens (tertiary/aromatic N) is 4. The molecule has 2 aromatic rings. The summed E-state index contributed by atoms with van der Waals surface area (Å²) in [4.78, 5) is 4.16. The molecule has 0 unspecified atom stereocenters. The monoisotopic (exact) mass is 233 g/mol. The lowest BCUT2D eigenvalue weighted by Gasteiger charge is -2.09. The van der Waals surface area contributed by atoms with Gasteiger partial charge in [0.05, 0.1) is 5.69 Å². The average molecular weight is 233 g/mol. The molecule has 0 fully saturated rings. The molecule has 2 heterocycles. The second kappa shape index (κ2) is 4.73. The molecule has 0 aliphatic carbocycles. The van der Waals surface area contributed by atoms with Crippen molar-refractivity contribution in [1.82, 2.24) is 14.1 Å². The largest absolute Gasteiger partial charge is 0.409 e. The van der Waals surface area contributed by atoms with E-state index >= 15 is 0 Å². The quantitative estimate of drug-likeness (QED) is 0.354. The van der Waals surface area contributed by atoms with Gasteiger partial charge in [0.1, 0.15) is 5.82 Å². The third-order valence-corrected chi connectivity index (χ3v) is 2.71. The van der Waals surface area contributed by atoms with Crippen LogP contribution in [0.2, 0.25) is 0 Å². The van der Waals surface area contributed by atoms with Crippen LogP contribution in [0.25, 0.3) is 0 Å². The number of aromatic nitrogens is 3. The molecule has 6 heteroatoms. The van der Waals surface area contributed by atoms with Gasteiger partial charge < -0.3 is 20.1 Å². The van der Waals surface area contributed by atoms with Gasteiger partial charge in [-0.2, -0.15) is 0 Å². The zero-order valence-corrected chi connectivity index (χ0v) is 9.61. The van der Waals surface area contributed by atoms with Crippen LogP contribution in [-0.4, -0.2) is 25.2 Å². The molecule has 0 amide bonds. The molecule has 90 valence electrons. The van der Waals surface area contributed by atoms with E-state index in [-0.39, 0.29) is 5.84 Å². The second-order valence-corrected chi connectivity index (χ2v) is 3.74. The van der Waals surface area contributed by atoms with E-state index in [4.69, 9.17) is 10.9 Å². The summed E-state index contributed by atoms with van der Waals surface area (Å²) in [5.74, 6) is 1.10. The highest BCUT2D eigenvalue weighted by Crippen LogP contribution is 2.04. The number of aryl methyl sites for hydroxylation is 3. The Bertz CT molecular complexity index is 525. The fourth-order valence-electron chi connectivity index (χ4n) is 1.75. The SMILES string of the molecule is Cc1nccn1CCn1cccc1/C(N)=N/O. The van der Waals surface area contributed by atoms with Crippen molar-refractivity contribution in [2.24, 2.45) is 10.9 Å². The van der Waals surface area contributed by atoms with Gasteiger partial charge >= 0.3 is 0 Å². The van der Waals surface area contributed by atoms with E-state index in [1.165, 1.54) is 0 Å². The van der Waals surface area contributed by atoms with Gasteiger partial charge in [0.2, 0.25) is 0 Å². The highest BCUT2D eigenvalue weighted by molar-refractivity contribution is 5.95. The van der Waals surface area contributed by atoms with Gasteiger partial charge in [-0.3, -0.25) is 0 Å². The molecule has 6 nitrogen and oxygen atoms in total. The van der Waals surface area contributed by atoms with Gasteiger partial charge in [-0.15, -0.1) is 0 Å². The van der Waals surface area contributed by atoms with Crippen LogP contribution in [0.15, 0.2) is 35.9 Å². The fourth-order valence-corrected chi connectivity index (χ4v) is 1.75. The minimum atomic E-state index is 0.123. The van der Waals surface area contributed by atoms with Crippen molar-refractivity contribution in [3.63, 3.8) is 0 Å². The van der Waals surface area contributed by atoms with Crippen molar-refractivity contribution in [3.8, 4) is 0 Å². The molecule has 0 aromatic carbocycles. The van der Waals surface area contributed by atoms with Crippen molar-refractivity contribution in [3.05, 3.63) is 42.2 Å². The van der Waals surface area contributed by atoms with Crippen molar-refractivity contribution >= 4 is 5.84 Å². The van der Waals surface area contributed by atoms with Crippen LogP contribution in [-0.2, 0) is 13.1 Å². The van der Waals surface area contributed by atoms with Crippen molar-refractivity contribution in [2.75, 3.05) is 0 Å². The van der Waals surface area contributed by atoms with Crippen LogP contribution in [0, 0.1) is 6.92 Å². The zero-order chi connectivity index (χ0) is 12.3. The molecular weight excluding hydrogens is 218 g/mol. The predicted octanol–water partition coefficient (Wildman–Crippen LogP) is 0.788. The Kier molecular flexibility index (Phi) is 3.13. The normalized spacial score (nSPS) is 11.9. The number of hydrogen-bond acceptors (Lipinski definition) is 3. The molecular formula is C11H15N5O. The van der Waals surface area contributed by atoms with E-state index in [1.807, 2.05) is 36.0 Å². The summed E-state index contributed by atoms with van der Waals surface area (Å²) in [7, 11) is 0. The van der Waals surface area contributed by atoms with Crippen LogP contribution < -0.4 is 5.73 Å². The zero-order valence-electron chi connectivity index (χ0n) is 9.61. The van der Waals surface area contributed by atoms with Gasteiger partial charge in [-0.25, -0.2) is 4.98 Å². The summed E-state index contributed by atoms with van der Waals surface area (Å²) in [5, 5.41) is 11.7. The van der Waals surface area contributed by atoms with Crippen LogP contribution in [0.4, 0.5) is 0 Å². The van der Waals surface area contributed by atoms with Crippen LogP contribution >= 0.6 is 0 Å². The summed E-state index contributed by atoms with van der Waals surface area (Å²) in [5.41, 5.74) is 6.29. The van der Waals surface area contributed by atoms with E-state index in [0.717, 1.165) is 18.9 Å². The van der Waals surface area contributed by atoms with Gasteiger partial charge in [0.25, 0.3) is 0 Å². The molecule has 0 aliphatic heterocycles. The first-order chi connectivity index (χ1) is 8.22. The first kappa shape index (κ1) is 11.3. The molecule has 0 bridgehead atoms. The molecule has 17 heavy (non-hydrogen) atoms. The average Bonchev–Trinajstić information content (AvgIpc) is 2.94. The summed E-state index contributed by atoms with van der Waals surface area (Å²) in [6.07, 6.45) is 5.61. The van der Waals surface area contributed by atoms with E-state index in [0.29, 0.717) is 5.69 Å². The van der Waals surface area contributed by atoms with Crippen LogP contribution in [0.1, 0.15) is 11.5 Å². The highest BCUT2D eigenvalue weighted by Gasteiger charge is 2.05. The number of hydrogen-bond donors (Lipinski definition) is 2. The van der Waals surface area contributed by atoms with E-state index in [9.17, 15) is 0 Å². The number of amidine groups is 1. The smallest absolute Gasteiger partial charge is 0.186 e. The predicted molar refractivity (Wildman–Crippen MR) is 63.9 cm³/mol. The van der Waals surface area contributed by atoms with E-state index in [2.05, 4.69) is 14.7 Å². The Labute approximate surface area is 99.0 Å². The van der Waals surface area contributed by atoms with E-state index in [1.54, 1.807) is 6.20 Å². The van der Waals surface area contributed by atoms with Crippen molar-refractivity contribution in [1.29, 1.82) is 0 Å². The number of imidazole rings is 1. The van der Waals surface area contributed by atoms with Gasteiger partial charge in [-0.1, -0.05) is 5.16 Å². The maximum Gasteiger partial charge on any atom is 0.186 e. The molecule has 0 spiro atoms. The van der Waals surface area contributed by atoms with E-state index < -0.39 is 0 Å². The Hall–Kier alpha value is -2.24. The molecule has 0 saturated carbocycles. The molecule has 2 rings (SSSR count). The fraction of sp³-hybridized carbons (Fsp3) is 0.273. The van der Waals surface area contributed by atoms with Gasteiger partial charge in [0.15, 0.2) is 5.84 Å². The lowest BCUT2D eigenvalue weighted by molar-refractivity contribution is 0.318. The van der Waals surface area contributed by atoms with Crippen molar-refractivity contribution in [2.45, 2.75) is 20.0 Å². The Balaban J connectivity index is 2.10. The summed E-state index contributed by atoms with van der Waals surface area (Å²) < 4.78 is 3.99. The highest BCUT2D eigenvalue weighted by atomic mass is 16.4. The third kappa shape index (κ3) is 2.30. The summed E-state index contributed by atoms with van der Waals surface area (Å²) >= 11 is 0. The standard InChI is InChI=1S/C11H15N5O/c1-9-13-4-6-15(9)7-8-16-5-2-3-10(16)11(12)14-17/h2-6,17H,7-8H2,1H3,(H2,12,14). The van der Waals surface area contributed by atoms with Gasteiger partial charge in [-0.05, 0) is 19.1 Å². The number of rotatable bonds is 4. The summed E-state index contributed by atoms with van der Waals surface area (Å²) in [6, 6.07) is 3.68. The lowest BCUT2D eigenvalue weighted by atomic mass is 10.4. The van der Waals surface area contributed by atoms with Crippen molar-refractivity contribution < 1.29 is 5.21 Å². The molecule has 3 N–H and O–H groups in total. The molecule has 2 aromatic heterocycles. The Morgan fingerprint density at radius 3 is 2.82 bits per heavy atom. The number of oxime groups is 1. The minimum Gasteiger partial charge on any atom is -0.409 e. The number of nitrogens with two attached hydrogens (primary N) is 1. The maximum atomic E-state index is 8.66. The second-order valence-electron chi connectivity index (χ2n) is 3.74. The summed E-state index contributed by atoms with van der Waals surface area (Å²) in [6.45, 7) is 3.50. The lowest BCUT2D eigenvalue weighted by Crippen LogP contribution is -2.19. The van der Waals surface area contributed by atoms with Crippen LogP contribution in [0.5, 0.6) is 0 Å². The van der Waals surface area contributed by atoms with Crippen LogP contribution in [0.3, 0.4) is 0 Å². The first-order valence-electron chi connectivity index (χ1n) is 5.33. The third-order valence-electron chi connectivity index (χ3n) is 2.71. The molecule has 0 saturated heterocycles. The topological polar surface area (TPSA) is 81.4 Å². The minimum absolute atomic E-state index is 0.123. The van der Waals surface area contributed by atoms with Gasteiger partial charge in [0, 0.05) is 31.7 Å². The molecule has 0 radical (unpaired) electrons. The first-order valence-corrected chi connectivity index (χ1v) is 5.33. The molecule has 0 atom stereocenters. The Morgan fingerprint density at radius 2 is 2.18 bits per heavy atom. The Morgan fingerprint density at radius 1 is 1.41 bits per heavy atom. The molecule has 0 aliphatic rings.